The number of carbonyl (C=O) groups is 3. The number of hydrogen-bond acceptors (Lipinski definition) is 7. The average molecular weight is 429 g/mol. The van der Waals surface area contributed by atoms with Gasteiger partial charge in [0.05, 0.1) is 26.9 Å². The lowest BCUT2D eigenvalue weighted by Gasteiger charge is -2.16. The number of benzene rings is 2. The van der Waals surface area contributed by atoms with Crippen molar-refractivity contribution < 1.29 is 33.3 Å². The zero-order chi connectivity index (χ0) is 23.0. The second-order valence-electron chi connectivity index (χ2n) is 6.70. The summed E-state index contributed by atoms with van der Waals surface area (Å²) in [5, 5.41) is 2.75. The summed E-state index contributed by atoms with van der Waals surface area (Å²) in [6.07, 6.45) is 0.151. The highest BCUT2D eigenvalue weighted by Gasteiger charge is 2.23. The Hall–Kier alpha value is -3.55. The minimum absolute atomic E-state index is 0.0887. The highest BCUT2D eigenvalue weighted by Crippen LogP contribution is 2.38. The number of rotatable bonds is 10. The van der Waals surface area contributed by atoms with Crippen molar-refractivity contribution in [2.45, 2.75) is 32.8 Å². The summed E-state index contributed by atoms with van der Waals surface area (Å²) in [7, 11) is 4.33. The first-order valence-electron chi connectivity index (χ1n) is 9.79. The summed E-state index contributed by atoms with van der Waals surface area (Å²) in [6.45, 7) is 3.41. The topological polar surface area (TPSA) is 100 Å². The minimum Gasteiger partial charge on any atom is -0.493 e. The van der Waals surface area contributed by atoms with Crippen LogP contribution in [0.3, 0.4) is 0 Å². The van der Waals surface area contributed by atoms with E-state index in [0.717, 1.165) is 6.42 Å². The third-order valence-corrected chi connectivity index (χ3v) is 4.48. The number of methoxy groups -OCH3 is 3. The molecule has 0 aromatic heterocycles. The predicted octanol–water partition coefficient (Wildman–Crippen LogP) is 3.88. The monoisotopic (exact) mass is 429 g/mol. The van der Waals surface area contributed by atoms with Gasteiger partial charge in [-0.05, 0) is 49.7 Å². The van der Waals surface area contributed by atoms with Gasteiger partial charge in [-0.2, -0.15) is 0 Å². The van der Waals surface area contributed by atoms with Gasteiger partial charge in [0.2, 0.25) is 17.4 Å². The van der Waals surface area contributed by atoms with Gasteiger partial charge in [0.1, 0.15) is 0 Å². The summed E-state index contributed by atoms with van der Waals surface area (Å²) >= 11 is 0. The van der Waals surface area contributed by atoms with Crippen molar-refractivity contribution in [2.75, 3.05) is 26.6 Å². The third-order valence-electron chi connectivity index (χ3n) is 4.48. The van der Waals surface area contributed by atoms with Crippen LogP contribution in [0.1, 0.15) is 47.4 Å². The molecule has 0 aliphatic carbocycles. The number of carbonyl (C=O) groups excluding carboxylic acids is 3. The second kappa shape index (κ2) is 11.0. The van der Waals surface area contributed by atoms with Gasteiger partial charge in [-0.1, -0.05) is 6.92 Å². The van der Waals surface area contributed by atoms with Gasteiger partial charge in [0.25, 0.3) is 0 Å². The van der Waals surface area contributed by atoms with Crippen molar-refractivity contribution in [3.63, 3.8) is 0 Å². The Labute approximate surface area is 181 Å². The van der Waals surface area contributed by atoms with E-state index in [1.54, 1.807) is 24.3 Å². The van der Waals surface area contributed by atoms with Crippen molar-refractivity contribution in [3.8, 4) is 17.2 Å². The van der Waals surface area contributed by atoms with Gasteiger partial charge in [-0.25, -0.2) is 4.79 Å². The van der Waals surface area contributed by atoms with E-state index in [4.69, 9.17) is 18.9 Å². The molecule has 0 heterocycles. The lowest BCUT2D eigenvalue weighted by atomic mass is 10.1. The van der Waals surface area contributed by atoms with E-state index < -0.39 is 12.1 Å². The molecule has 0 bridgehead atoms. The Bertz CT molecular complexity index is 912. The Morgan fingerprint density at radius 1 is 0.903 bits per heavy atom. The van der Waals surface area contributed by atoms with Crippen LogP contribution in [0.25, 0.3) is 0 Å². The molecule has 0 aliphatic rings. The third kappa shape index (κ3) is 5.97. The van der Waals surface area contributed by atoms with Crippen LogP contribution in [-0.4, -0.2) is 45.1 Å². The maximum Gasteiger partial charge on any atom is 0.339 e. The van der Waals surface area contributed by atoms with E-state index in [2.05, 4.69) is 5.32 Å². The van der Waals surface area contributed by atoms with Crippen molar-refractivity contribution in [1.29, 1.82) is 0 Å². The summed E-state index contributed by atoms with van der Waals surface area (Å²) in [5.74, 6) is -0.219. The first-order chi connectivity index (χ1) is 14.8. The van der Waals surface area contributed by atoms with Gasteiger partial charge < -0.3 is 24.3 Å². The smallest absolute Gasteiger partial charge is 0.339 e. The summed E-state index contributed by atoms with van der Waals surface area (Å²) in [6, 6.07) is 9.33. The van der Waals surface area contributed by atoms with Crippen LogP contribution in [0.4, 0.5) is 5.69 Å². The Morgan fingerprint density at radius 3 is 1.97 bits per heavy atom. The van der Waals surface area contributed by atoms with Gasteiger partial charge in [-0.15, -0.1) is 0 Å². The quantitative estimate of drug-likeness (QED) is 0.452. The van der Waals surface area contributed by atoms with Crippen LogP contribution in [0, 0.1) is 0 Å². The molecule has 31 heavy (non-hydrogen) atoms. The maximum atomic E-state index is 12.7. The number of Topliss-reactive ketones (excluding diaryl/α,β-unsaturated/α-hetero) is 1. The predicted molar refractivity (Wildman–Crippen MR) is 115 cm³/mol. The second-order valence-corrected chi connectivity index (χ2v) is 6.70. The Balaban J connectivity index is 2.10. The average Bonchev–Trinajstić information content (AvgIpc) is 2.77. The number of nitrogens with one attached hydrogen (secondary N) is 1. The van der Waals surface area contributed by atoms with E-state index in [0.29, 0.717) is 34.9 Å². The summed E-state index contributed by atoms with van der Waals surface area (Å²) < 4.78 is 21.0. The van der Waals surface area contributed by atoms with Crippen LogP contribution in [0.15, 0.2) is 36.4 Å². The maximum absolute atomic E-state index is 12.7. The van der Waals surface area contributed by atoms with Gasteiger partial charge in [-0.3, -0.25) is 9.59 Å². The number of hydrogen-bond donors (Lipinski definition) is 1. The SMILES string of the molecule is CCCC(=O)Nc1ccc(C(=O)C(C)OC(=O)c2cc(OC)c(OC)c(OC)c2)cc1. The lowest BCUT2D eigenvalue weighted by Crippen LogP contribution is -2.24. The first kappa shape index (κ1) is 23.7. The molecule has 2 rings (SSSR count). The molecule has 1 atom stereocenters. The molecule has 0 fully saturated rings. The van der Waals surface area contributed by atoms with E-state index in [-0.39, 0.29) is 17.3 Å². The first-order valence-corrected chi connectivity index (χ1v) is 9.79. The van der Waals surface area contributed by atoms with Crippen molar-refractivity contribution in [3.05, 3.63) is 47.5 Å². The Kier molecular flexibility index (Phi) is 8.43. The molecule has 2 aromatic rings. The van der Waals surface area contributed by atoms with Crippen LogP contribution >= 0.6 is 0 Å². The fraction of sp³-hybridized carbons (Fsp3) is 0.348. The van der Waals surface area contributed by atoms with Gasteiger partial charge in [0.15, 0.2) is 17.6 Å². The standard InChI is InChI=1S/C23H27NO7/c1-6-7-20(25)24-17-10-8-15(9-11-17)21(26)14(2)31-23(27)16-12-18(28-3)22(30-5)19(13-16)29-4/h8-14H,6-7H2,1-5H3,(H,24,25). The number of anilines is 1. The van der Waals surface area contributed by atoms with Crippen molar-refractivity contribution in [1.82, 2.24) is 0 Å². The lowest BCUT2D eigenvalue weighted by molar-refractivity contribution is -0.116. The molecule has 1 unspecified atom stereocenters. The van der Waals surface area contributed by atoms with E-state index in [9.17, 15) is 14.4 Å². The highest BCUT2D eigenvalue weighted by atomic mass is 16.5. The summed E-state index contributed by atoms with van der Waals surface area (Å²) in [4.78, 5) is 36.9. The van der Waals surface area contributed by atoms with Crippen LogP contribution in [0.5, 0.6) is 17.2 Å². The molecular weight excluding hydrogens is 402 g/mol. The fourth-order valence-electron chi connectivity index (χ4n) is 2.88. The molecule has 0 aliphatic heterocycles. The molecule has 8 nitrogen and oxygen atoms in total. The summed E-state index contributed by atoms with van der Waals surface area (Å²) in [5.41, 5.74) is 1.11. The number of esters is 1. The minimum atomic E-state index is -1.02. The molecule has 166 valence electrons. The number of ether oxygens (including phenoxy) is 4. The molecule has 1 amide bonds. The number of ketones is 1. The molecule has 0 saturated carbocycles. The molecule has 1 N–H and O–H groups in total. The van der Waals surface area contributed by atoms with Crippen LogP contribution in [-0.2, 0) is 9.53 Å². The van der Waals surface area contributed by atoms with E-state index in [1.807, 2.05) is 6.92 Å². The number of amides is 1. The zero-order valence-electron chi connectivity index (χ0n) is 18.3. The molecule has 2 aromatic carbocycles. The highest BCUT2D eigenvalue weighted by molar-refractivity contribution is 6.02. The molecule has 8 heteroatoms. The Morgan fingerprint density at radius 2 is 1.48 bits per heavy atom. The molecular formula is C23H27NO7. The van der Waals surface area contributed by atoms with E-state index in [1.165, 1.54) is 40.4 Å². The van der Waals surface area contributed by atoms with Crippen molar-refractivity contribution >= 4 is 23.3 Å². The molecule has 0 saturated heterocycles. The van der Waals surface area contributed by atoms with Crippen LogP contribution < -0.4 is 19.5 Å². The fourth-order valence-corrected chi connectivity index (χ4v) is 2.88. The molecule has 0 spiro atoms. The molecule has 0 radical (unpaired) electrons. The largest absolute Gasteiger partial charge is 0.493 e. The van der Waals surface area contributed by atoms with Gasteiger partial charge in [0, 0.05) is 17.7 Å². The zero-order valence-corrected chi connectivity index (χ0v) is 18.3. The van der Waals surface area contributed by atoms with Crippen LogP contribution in [0.2, 0.25) is 0 Å². The normalized spacial score (nSPS) is 11.3. The van der Waals surface area contributed by atoms with Gasteiger partial charge >= 0.3 is 5.97 Å². The van der Waals surface area contributed by atoms with E-state index >= 15 is 0 Å². The van der Waals surface area contributed by atoms with Crippen molar-refractivity contribution in [2.24, 2.45) is 0 Å².